The molecule has 0 aromatic carbocycles. The van der Waals surface area contributed by atoms with Crippen LogP contribution in [0.4, 0.5) is 0 Å². The largest absolute Gasteiger partial charge is 0.476 e. The van der Waals surface area contributed by atoms with Crippen molar-refractivity contribution in [3.63, 3.8) is 0 Å². The molecule has 0 aliphatic heterocycles. The fourth-order valence-electron chi connectivity index (χ4n) is 1.43. The second-order valence-corrected chi connectivity index (χ2v) is 4.58. The van der Waals surface area contributed by atoms with Gasteiger partial charge in [-0.05, 0) is 12.5 Å². The van der Waals surface area contributed by atoms with Crippen LogP contribution >= 0.6 is 11.3 Å². The number of thiazole rings is 1. The number of nitrogens with one attached hydrogen (secondary N) is 1. The molecular weight excluding hydrogens is 268 g/mol. The van der Waals surface area contributed by atoms with Crippen molar-refractivity contribution in [2.45, 2.75) is 13.0 Å². The molecule has 19 heavy (non-hydrogen) atoms. The Morgan fingerprint density at radius 2 is 2.32 bits per heavy atom. The zero-order valence-electron chi connectivity index (χ0n) is 9.94. The second-order valence-electron chi connectivity index (χ2n) is 3.72. The van der Waals surface area contributed by atoms with Crippen LogP contribution in [-0.2, 0) is 6.54 Å². The number of hydrogen-bond acceptors (Lipinski definition) is 5. The summed E-state index contributed by atoms with van der Waals surface area (Å²) in [6.07, 6.45) is 4.29. The summed E-state index contributed by atoms with van der Waals surface area (Å²) in [4.78, 5) is 26.0. The van der Waals surface area contributed by atoms with E-state index in [1.165, 1.54) is 5.38 Å². The lowest BCUT2D eigenvalue weighted by molar-refractivity contribution is 0.0691. The van der Waals surface area contributed by atoms with E-state index in [4.69, 9.17) is 5.11 Å². The van der Waals surface area contributed by atoms with Crippen molar-refractivity contribution in [3.8, 4) is 0 Å². The average molecular weight is 280 g/mol. The highest BCUT2D eigenvalue weighted by molar-refractivity contribution is 7.11. The van der Waals surface area contributed by atoms with Gasteiger partial charge in [-0.3, -0.25) is 9.48 Å². The van der Waals surface area contributed by atoms with Crippen LogP contribution < -0.4 is 5.32 Å². The number of aryl methyl sites for hydroxylation is 1. The molecule has 2 N–H and O–H groups in total. The molecule has 0 radical (unpaired) electrons. The first-order valence-corrected chi connectivity index (χ1v) is 6.49. The van der Waals surface area contributed by atoms with Crippen LogP contribution in [0.25, 0.3) is 0 Å². The number of rotatable bonds is 6. The summed E-state index contributed by atoms with van der Waals surface area (Å²) in [7, 11) is 0. The van der Waals surface area contributed by atoms with Crippen LogP contribution in [-0.4, -0.2) is 38.3 Å². The number of amides is 1. The Kier molecular flexibility index (Phi) is 4.24. The van der Waals surface area contributed by atoms with Gasteiger partial charge in [-0.1, -0.05) is 0 Å². The average Bonchev–Trinajstić information content (AvgIpc) is 3.05. The minimum atomic E-state index is -1.13. The fourth-order valence-corrected chi connectivity index (χ4v) is 2.13. The molecule has 2 aromatic rings. The van der Waals surface area contributed by atoms with Gasteiger partial charge < -0.3 is 10.4 Å². The van der Waals surface area contributed by atoms with E-state index in [0.29, 0.717) is 13.1 Å². The summed E-state index contributed by atoms with van der Waals surface area (Å²) in [5.74, 6) is -1.48. The molecule has 100 valence electrons. The van der Waals surface area contributed by atoms with Gasteiger partial charge in [0.1, 0.15) is 0 Å². The molecule has 1 amide bonds. The minimum Gasteiger partial charge on any atom is -0.476 e. The highest BCUT2D eigenvalue weighted by atomic mass is 32.1. The molecular formula is C11H12N4O3S. The quantitative estimate of drug-likeness (QED) is 0.765. The van der Waals surface area contributed by atoms with Gasteiger partial charge >= 0.3 is 5.97 Å². The number of nitrogens with zero attached hydrogens (tertiary/aromatic N) is 3. The van der Waals surface area contributed by atoms with Crippen molar-refractivity contribution in [1.82, 2.24) is 20.1 Å². The molecule has 0 unspecified atom stereocenters. The summed E-state index contributed by atoms with van der Waals surface area (Å²) in [5, 5.41) is 16.9. The Bertz CT molecular complexity index is 564. The van der Waals surface area contributed by atoms with E-state index in [2.05, 4.69) is 15.4 Å². The molecule has 0 saturated carbocycles. The van der Waals surface area contributed by atoms with Crippen molar-refractivity contribution < 1.29 is 14.7 Å². The smallest absolute Gasteiger partial charge is 0.355 e. The molecule has 0 fully saturated rings. The van der Waals surface area contributed by atoms with Gasteiger partial charge in [0.05, 0.1) is 0 Å². The number of carboxylic acids is 1. The lowest BCUT2D eigenvalue weighted by Gasteiger charge is -2.03. The summed E-state index contributed by atoms with van der Waals surface area (Å²) < 4.78 is 1.78. The van der Waals surface area contributed by atoms with Crippen LogP contribution in [0.5, 0.6) is 0 Å². The van der Waals surface area contributed by atoms with Gasteiger partial charge in [0.2, 0.25) is 0 Å². The molecule has 2 rings (SSSR count). The fraction of sp³-hybridized carbons (Fsp3) is 0.273. The van der Waals surface area contributed by atoms with Crippen molar-refractivity contribution >= 4 is 23.2 Å². The highest BCUT2D eigenvalue weighted by Crippen LogP contribution is 2.09. The van der Waals surface area contributed by atoms with Crippen molar-refractivity contribution in [1.29, 1.82) is 0 Å². The van der Waals surface area contributed by atoms with Crippen LogP contribution in [0.2, 0.25) is 0 Å². The maximum atomic E-state index is 11.7. The first-order valence-electron chi connectivity index (χ1n) is 5.61. The van der Waals surface area contributed by atoms with E-state index in [1.807, 2.05) is 12.3 Å². The molecule has 0 spiro atoms. The molecule has 2 heterocycles. The maximum absolute atomic E-state index is 11.7. The van der Waals surface area contributed by atoms with Gasteiger partial charge in [0.15, 0.2) is 10.7 Å². The number of aromatic nitrogens is 3. The summed E-state index contributed by atoms with van der Waals surface area (Å²) in [6, 6.07) is 1.83. The standard InChI is InChI=1S/C11H12N4O3S/c16-9(10-14-8(7-19-10)11(17)18)12-3-1-5-15-6-2-4-13-15/h2,4,6-7H,1,3,5H2,(H,12,16)(H,17,18). The topological polar surface area (TPSA) is 97.1 Å². The van der Waals surface area contributed by atoms with Gasteiger partial charge in [0, 0.05) is 30.9 Å². The van der Waals surface area contributed by atoms with Crippen LogP contribution in [0.1, 0.15) is 26.7 Å². The third kappa shape index (κ3) is 3.62. The molecule has 0 aliphatic carbocycles. The maximum Gasteiger partial charge on any atom is 0.355 e. The first kappa shape index (κ1) is 13.2. The number of aromatic carboxylic acids is 1. The Morgan fingerprint density at radius 3 is 2.95 bits per heavy atom. The summed E-state index contributed by atoms with van der Waals surface area (Å²) in [5.41, 5.74) is -0.105. The van der Waals surface area contributed by atoms with Crippen molar-refractivity contribution in [2.75, 3.05) is 6.54 Å². The highest BCUT2D eigenvalue weighted by Gasteiger charge is 2.13. The number of hydrogen-bond donors (Lipinski definition) is 2. The molecule has 2 aromatic heterocycles. The monoisotopic (exact) mass is 280 g/mol. The van der Waals surface area contributed by atoms with E-state index >= 15 is 0 Å². The molecule has 0 aliphatic rings. The summed E-state index contributed by atoms with van der Waals surface area (Å²) >= 11 is 1.02. The third-order valence-corrected chi connectivity index (χ3v) is 3.17. The predicted octanol–water partition coefficient (Wildman–Crippen LogP) is 0.858. The lowest BCUT2D eigenvalue weighted by Crippen LogP contribution is -2.25. The van der Waals surface area contributed by atoms with Gasteiger partial charge in [0.25, 0.3) is 5.91 Å². The van der Waals surface area contributed by atoms with Crippen LogP contribution in [0.3, 0.4) is 0 Å². The van der Waals surface area contributed by atoms with E-state index in [9.17, 15) is 9.59 Å². The van der Waals surface area contributed by atoms with Crippen molar-refractivity contribution in [2.24, 2.45) is 0 Å². The Morgan fingerprint density at radius 1 is 1.47 bits per heavy atom. The van der Waals surface area contributed by atoms with Crippen molar-refractivity contribution in [3.05, 3.63) is 34.5 Å². The number of carbonyl (C=O) groups is 2. The Labute approximate surface area is 112 Å². The second kappa shape index (κ2) is 6.10. The number of carboxylic acid groups (broad SMARTS) is 1. The molecule has 0 bridgehead atoms. The zero-order chi connectivity index (χ0) is 13.7. The molecule has 0 saturated heterocycles. The van der Waals surface area contributed by atoms with Gasteiger partial charge in [-0.15, -0.1) is 11.3 Å². The number of carbonyl (C=O) groups excluding carboxylic acids is 1. The zero-order valence-corrected chi connectivity index (χ0v) is 10.8. The molecule has 7 nitrogen and oxygen atoms in total. The minimum absolute atomic E-state index is 0.105. The Hall–Kier alpha value is -2.22. The normalized spacial score (nSPS) is 10.3. The molecule has 0 atom stereocenters. The van der Waals surface area contributed by atoms with Gasteiger partial charge in [-0.2, -0.15) is 5.10 Å². The van der Waals surface area contributed by atoms with E-state index in [1.54, 1.807) is 10.9 Å². The van der Waals surface area contributed by atoms with E-state index in [-0.39, 0.29) is 16.6 Å². The third-order valence-electron chi connectivity index (χ3n) is 2.33. The van der Waals surface area contributed by atoms with E-state index < -0.39 is 5.97 Å². The first-order chi connectivity index (χ1) is 9.16. The molecule has 8 heteroatoms. The lowest BCUT2D eigenvalue weighted by atomic mass is 10.4. The van der Waals surface area contributed by atoms with E-state index in [0.717, 1.165) is 17.8 Å². The summed E-state index contributed by atoms with van der Waals surface area (Å²) in [6.45, 7) is 1.20. The Balaban J connectivity index is 1.76. The predicted molar refractivity (Wildman–Crippen MR) is 68.3 cm³/mol. The SMILES string of the molecule is O=C(O)c1csc(C(=O)NCCCn2cccn2)n1. The van der Waals surface area contributed by atoms with Crippen LogP contribution in [0.15, 0.2) is 23.8 Å². The van der Waals surface area contributed by atoms with Gasteiger partial charge in [-0.25, -0.2) is 9.78 Å². The van der Waals surface area contributed by atoms with Crippen LogP contribution in [0, 0.1) is 0 Å².